The maximum Gasteiger partial charge on any atom is 0.156 e. The van der Waals surface area contributed by atoms with E-state index in [-0.39, 0.29) is 0 Å². The Kier molecular flexibility index (Phi) is 4.13. The molecular formula is C17H17ClN6. The van der Waals surface area contributed by atoms with Crippen LogP contribution in [0.1, 0.15) is 12.8 Å². The molecule has 1 aliphatic rings. The van der Waals surface area contributed by atoms with Crippen molar-refractivity contribution in [3.8, 4) is 0 Å². The smallest absolute Gasteiger partial charge is 0.156 e. The van der Waals surface area contributed by atoms with Gasteiger partial charge in [-0.05, 0) is 37.1 Å². The van der Waals surface area contributed by atoms with Gasteiger partial charge in [0.05, 0.1) is 5.52 Å². The minimum Gasteiger partial charge on any atom is -0.365 e. The summed E-state index contributed by atoms with van der Waals surface area (Å²) in [6.07, 6.45) is 5.43. The molecule has 4 heterocycles. The molecule has 7 heteroatoms. The zero-order chi connectivity index (χ0) is 16.4. The molecule has 1 aliphatic heterocycles. The average Bonchev–Trinajstić information content (AvgIpc) is 2.64. The highest BCUT2D eigenvalue weighted by Gasteiger charge is 2.21. The number of anilines is 2. The summed E-state index contributed by atoms with van der Waals surface area (Å²) in [5.41, 5.74) is 1.51. The number of fused-ring (bicyclic) bond motifs is 1. The second-order valence-corrected chi connectivity index (χ2v) is 6.20. The number of nitrogens with zero attached hydrogens (tertiary/aromatic N) is 5. The lowest BCUT2D eigenvalue weighted by Gasteiger charge is -2.33. The third kappa shape index (κ3) is 3.10. The molecule has 122 valence electrons. The molecule has 4 rings (SSSR count). The second-order valence-electron chi connectivity index (χ2n) is 5.82. The topological polar surface area (TPSA) is 66.8 Å². The van der Waals surface area contributed by atoms with Gasteiger partial charge >= 0.3 is 0 Å². The number of rotatable bonds is 3. The van der Waals surface area contributed by atoms with Gasteiger partial charge in [-0.2, -0.15) is 0 Å². The number of pyridine rings is 2. The normalized spacial score (nSPS) is 15.6. The summed E-state index contributed by atoms with van der Waals surface area (Å²) in [7, 11) is 0. The fraction of sp³-hybridized carbons (Fsp3) is 0.294. The summed E-state index contributed by atoms with van der Waals surface area (Å²) in [6.45, 7) is 1.93. The van der Waals surface area contributed by atoms with E-state index in [9.17, 15) is 0 Å². The first-order chi connectivity index (χ1) is 11.8. The van der Waals surface area contributed by atoms with Crippen LogP contribution >= 0.6 is 11.6 Å². The molecule has 0 atom stereocenters. The number of hydrogen-bond donors (Lipinski definition) is 1. The standard InChI is InChI=1S/C17H17ClN6/c18-14-5-4-13-16(23-14)17(21-11-20-13)22-12-6-9-24(10-7-12)15-3-1-2-8-19-15/h1-5,8,11-12H,6-7,9-10H2,(H,20,21,22). The molecule has 1 saturated heterocycles. The minimum absolute atomic E-state index is 0.351. The Bertz CT molecular complexity index is 833. The van der Waals surface area contributed by atoms with Crippen LogP contribution in [0.25, 0.3) is 11.0 Å². The van der Waals surface area contributed by atoms with Crippen molar-refractivity contribution >= 4 is 34.3 Å². The van der Waals surface area contributed by atoms with Crippen LogP contribution in [0.4, 0.5) is 11.6 Å². The number of halogens is 1. The van der Waals surface area contributed by atoms with Crippen molar-refractivity contribution in [3.05, 3.63) is 48.0 Å². The Balaban J connectivity index is 1.47. The lowest BCUT2D eigenvalue weighted by Crippen LogP contribution is -2.39. The van der Waals surface area contributed by atoms with Gasteiger partial charge in [-0.15, -0.1) is 0 Å². The minimum atomic E-state index is 0.351. The van der Waals surface area contributed by atoms with E-state index in [1.807, 2.05) is 24.4 Å². The van der Waals surface area contributed by atoms with E-state index >= 15 is 0 Å². The van der Waals surface area contributed by atoms with Crippen molar-refractivity contribution in [2.45, 2.75) is 18.9 Å². The second kappa shape index (κ2) is 6.57. The fourth-order valence-electron chi connectivity index (χ4n) is 3.01. The van der Waals surface area contributed by atoms with Crippen LogP contribution in [-0.2, 0) is 0 Å². The Labute approximate surface area is 144 Å². The molecule has 0 spiro atoms. The van der Waals surface area contributed by atoms with E-state index < -0.39 is 0 Å². The van der Waals surface area contributed by atoms with Gasteiger partial charge < -0.3 is 10.2 Å². The lowest BCUT2D eigenvalue weighted by molar-refractivity contribution is 0.522. The Morgan fingerprint density at radius 2 is 1.92 bits per heavy atom. The third-order valence-corrected chi connectivity index (χ3v) is 4.47. The molecule has 1 fully saturated rings. The highest BCUT2D eigenvalue weighted by Crippen LogP contribution is 2.23. The Morgan fingerprint density at radius 3 is 2.71 bits per heavy atom. The van der Waals surface area contributed by atoms with Crippen molar-refractivity contribution in [1.29, 1.82) is 0 Å². The number of hydrogen-bond acceptors (Lipinski definition) is 6. The van der Waals surface area contributed by atoms with Gasteiger partial charge in [0.25, 0.3) is 0 Å². The van der Waals surface area contributed by atoms with Gasteiger partial charge in [-0.1, -0.05) is 17.7 Å². The van der Waals surface area contributed by atoms with Crippen molar-refractivity contribution in [2.75, 3.05) is 23.3 Å². The lowest BCUT2D eigenvalue weighted by atomic mass is 10.0. The first-order valence-corrected chi connectivity index (χ1v) is 8.37. The summed E-state index contributed by atoms with van der Waals surface area (Å²) in [5, 5.41) is 3.95. The first kappa shape index (κ1) is 15.1. The van der Waals surface area contributed by atoms with E-state index in [2.05, 4.69) is 36.2 Å². The van der Waals surface area contributed by atoms with Crippen LogP contribution in [0.2, 0.25) is 5.15 Å². The number of aromatic nitrogens is 4. The van der Waals surface area contributed by atoms with E-state index in [4.69, 9.17) is 11.6 Å². The highest BCUT2D eigenvalue weighted by molar-refractivity contribution is 6.29. The molecule has 0 aliphatic carbocycles. The van der Waals surface area contributed by atoms with Gasteiger partial charge in [-0.25, -0.2) is 19.9 Å². The molecule has 3 aromatic rings. The SMILES string of the molecule is Clc1ccc2ncnc(NC3CCN(c4ccccn4)CC3)c2n1. The predicted molar refractivity (Wildman–Crippen MR) is 95.4 cm³/mol. The fourth-order valence-corrected chi connectivity index (χ4v) is 3.16. The van der Waals surface area contributed by atoms with Crippen LogP contribution in [0.3, 0.4) is 0 Å². The van der Waals surface area contributed by atoms with Crippen LogP contribution in [0, 0.1) is 0 Å². The molecular weight excluding hydrogens is 324 g/mol. The third-order valence-electron chi connectivity index (χ3n) is 4.26. The van der Waals surface area contributed by atoms with Gasteiger partial charge in [0.2, 0.25) is 0 Å². The van der Waals surface area contributed by atoms with E-state index in [1.54, 1.807) is 12.4 Å². The molecule has 0 bridgehead atoms. The molecule has 0 saturated carbocycles. The highest BCUT2D eigenvalue weighted by atomic mass is 35.5. The van der Waals surface area contributed by atoms with Gasteiger partial charge in [-0.3, -0.25) is 0 Å². The van der Waals surface area contributed by atoms with Crippen LogP contribution in [0.15, 0.2) is 42.9 Å². The van der Waals surface area contributed by atoms with E-state index in [0.717, 1.165) is 48.6 Å². The molecule has 6 nitrogen and oxygen atoms in total. The zero-order valence-electron chi connectivity index (χ0n) is 13.1. The average molecular weight is 341 g/mol. The van der Waals surface area contributed by atoms with Gasteiger partial charge in [0.15, 0.2) is 5.82 Å². The van der Waals surface area contributed by atoms with Crippen LogP contribution < -0.4 is 10.2 Å². The molecule has 1 N–H and O–H groups in total. The van der Waals surface area contributed by atoms with Crippen molar-refractivity contribution < 1.29 is 0 Å². The molecule has 24 heavy (non-hydrogen) atoms. The first-order valence-electron chi connectivity index (χ1n) is 7.99. The molecule has 3 aromatic heterocycles. The maximum atomic E-state index is 6.01. The maximum absolute atomic E-state index is 6.01. The monoisotopic (exact) mass is 340 g/mol. The largest absolute Gasteiger partial charge is 0.365 e. The summed E-state index contributed by atoms with van der Waals surface area (Å²) in [4.78, 5) is 19.7. The number of piperidine rings is 1. The van der Waals surface area contributed by atoms with Crippen LogP contribution in [-0.4, -0.2) is 39.1 Å². The van der Waals surface area contributed by atoms with Crippen molar-refractivity contribution in [3.63, 3.8) is 0 Å². The van der Waals surface area contributed by atoms with E-state index in [0.29, 0.717) is 11.2 Å². The van der Waals surface area contributed by atoms with Gasteiger partial charge in [0, 0.05) is 25.3 Å². The molecule has 0 amide bonds. The van der Waals surface area contributed by atoms with Crippen molar-refractivity contribution in [2.24, 2.45) is 0 Å². The molecule has 0 unspecified atom stereocenters. The summed E-state index contributed by atoms with van der Waals surface area (Å²) >= 11 is 6.01. The Morgan fingerprint density at radius 1 is 1.04 bits per heavy atom. The summed E-state index contributed by atoms with van der Waals surface area (Å²) in [5.74, 6) is 1.79. The quantitative estimate of drug-likeness (QED) is 0.739. The van der Waals surface area contributed by atoms with Crippen molar-refractivity contribution in [1.82, 2.24) is 19.9 Å². The van der Waals surface area contributed by atoms with Gasteiger partial charge in [0.1, 0.15) is 22.8 Å². The molecule has 0 radical (unpaired) electrons. The zero-order valence-corrected chi connectivity index (χ0v) is 13.8. The van der Waals surface area contributed by atoms with E-state index in [1.165, 1.54) is 0 Å². The molecule has 0 aromatic carbocycles. The summed E-state index contributed by atoms with van der Waals surface area (Å²) in [6, 6.07) is 9.97. The summed E-state index contributed by atoms with van der Waals surface area (Å²) < 4.78 is 0. The Hall–Kier alpha value is -2.47. The number of nitrogens with one attached hydrogen (secondary N) is 1. The predicted octanol–water partition coefficient (Wildman–Crippen LogP) is 3.15. The van der Waals surface area contributed by atoms with Crippen LogP contribution in [0.5, 0.6) is 0 Å².